The molecule has 1 aromatic carbocycles. The molecule has 2 aromatic heterocycles. The number of nitrogens with two attached hydrogens (primary N) is 1. The molecule has 4 rings (SSSR count). The first kappa shape index (κ1) is 24.3. The van der Waals surface area contributed by atoms with Crippen LogP contribution in [0.5, 0.6) is 0 Å². The van der Waals surface area contributed by atoms with Gasteiger partial charge in [0.2, 0.25) is 5.95 Å². The van der Waals surface area contributed by atoms with Gasteiger partial charge in [-0.1, -0.05) is 6.92 Å². The Balaban J connectivity index is 1.52. The number of hydrogen-bond acceptors (Lipinski definition) is 8. The standard InChI is InChI=1S/C26H31N7O2/c1-5-18-13-30-26(31-14-18)32-8-6-20(7-9-32)33(27)23-15-29-22(12-21(23)28-4)24-16(2)10-19(25(34)35)11-17(24)3/h10-15,20H,4-9,27H2,1-3H3,(H,34,35). The Morgan fingerprint density at radius 3 is 2.31 bits per heavy atom. The second-order valence-corrected chi connectivity index (χ2v) is 8.88. The van der Waals surface area contributed by atoms with Crippen molar-refractivity contribution in [3.8, 4) is 11.3 Å². The maximum atomic E-state index is 11.4. The minimum atomic E-state index is -0.950. The van der Waals surface area contributed by atoms with Gasteiger partial charge in [-0.3, -0.25) is 9.98 Å². The third-order valence-electron chi connectivity index (χ3n) is 6.59. The molecular weight excluding hydrogens is 442 g/mol. The highest BCUT2D eigenvalue weighted by Crippen LogP contribution is 2.35. The van der Waals surface area contributed by atoms with Crippen LogP contribution >= 0.6 is 0 Å². The molecule has 0 atom stereocenters. The summed E-state index contributed by atoms with van der Waals surface area (Å²) in [5, 5.41) is 11.1. The normalized spacial score (nSPS) is 14.1. The molecule has 182 valence electrons. The molecule has 35 heavy (non-hydrogen) atoms. The van der Waals surface area contributed by atoms with E-state index in [9.17, 15) is 9.90 Å². The van der Waals surface area contributed by atoms with Crippen LogP contribution in [0, 0.1) is 13.8 Å². The van der Waals surface area contributed by atoms with Crippen molar-refractivity contribution < 1.29 is 9.90 Å². The van der Waals surface area contributed by atoms with E-state index in [0.717, 1.165) is 60.6 Å². The molecule has 0 spiro atoms. The van der Waals surface area contributed by atoms with Gasteiger partial charge in [0.15, 0.2) is 0 Å². The third kappa shape index (κ3) is 5.00. The molecule has 0 aliphatic carbocycles. The Morgan fingerprint density at radius 2 is 1.77 bits per heavy atom. The fourth-order valence-corrected chi connectivity index (χ4v) is 4.63. The summed E-state index contributed by atoms with van der Waals surface area (Å²) in [5.74, 6) is 6.36. The van der Waals surface area contributed by atoms with Gasteiger partial charge in [-0.05, 0) is 74.7 Å². The van der Waals surface area contributed by atoms with E-state index in [-0.39, 0.29) is 11.6 Å². The number of aryl methyl sites for hydroxylation is 3. The number of pyridine rings is 1. The number of aromatic nitrogens is 3. The van der Waals surface area contributed by atoms with E-state index in [2.05, 4.69) is 38.5 Å². The van der Waals surface area contributed by atoms with E-state index >= 15 is 0 Å². The van der Waals surface area contributed by atoms with E-state index in [1.54, 1.807) is 23.3 Å². The van der Waals surface area contributed by atoms with Crippen LogP contribution in [0.2, 0.25) is 0 Å². The lowest BCUT2D eigenvalue weighted by Gasteiger charge is -2.37. The smallest absolute Gasteiger partial charge is 0.335 e. The third-order valence-corrected chi connectivity index (χ3v) is 6.59. The molecule has 1 fully saturated rings. The number of carboxylic acids is 1. The monoisotopic (exact) mass is 473 g/mol. The lowest BCUT2D eigenvalue weighted by molar-refractivity contribution is 0.0696. The topological polar surface area (TPSA) is 121 Å². The summed E-state index contributed by atoms with van der Waals surface area (Å²) < 4.78 is 0. The van der Waals surface area contributed by atoms with Crippen LogP contribution < -0.4 is 15.8 Å². The number of benzene rings is 1. The van der Waals surface area contributed by atoms with Crippen LogP contribution in [0.25, 0.3) is 11.3 Å². The van der Waals surface area contributed by atoms with Crippen molar-refractivity contribution in [3.63, 3.8) is 0 Å². The number of hydrogen-bond donors (Lipinski definition) is 2. The zero-order valence-electron chi connectivity index (χ0n) is 20.4. The number of aromatic carboxylic acids is 1. The van der Waals surface area contributed by atoms with Crippen molar-refractivity contribution in [2.45, 2.75) is 46.1 Å². The molecule has 0 radical (unpaired) electrons. The summed E-state index contributed by atoms with van der Waals surface area (Å²) in [5.41, 5.74) is 6.00. The number of anilines is 2. The molecule has 3 N–H and O–H groups in total. The number of hydrazine groups is 1. The number of rotatable bonds is 7. The van der Waals surface area contributed by atoms with Crippen molar-refractivity contribution in [1.82, 2.24) is 15.0 Å². The highest BCUT2D eigenvalue weighted by atomic mass is 16.4. The van der Waals surface area contributed by atoms with Gasteiger partial charge in [-0.2, -0.15) is 0 Å². The molecule has 0 bridgehead atoms. The summed E-state index contributed by atoms with van der Waals surface area (Å²) >= 11 is 0. The minimum Gasteiger partial charge on any atom is -0.478 e. The average Bonchev–Trinajstić information content (AvgIpc) is 2.88. The predicted molar refractivity (Wildman–Crippen MR) is 139 cm³/mol. The Labute approximate surface area is 205 Å². The molecular formula is C26H31N7O2. The van der Waals surface area contributed by atoms with Crippen LogP contribution in [0.15, 0.2) is 41.8 Å². The second kappa shape index (κ2) is 10.2. The molecule has 3 aromatic rings. The predicted octanol–water partition coefficient (Wildman–Crippen LogP) is 4.10. The number of aliphatic imine (C=N–C) groups is 1. The molecule has 3 heterocycles. The van der Waals surface area contributed by atoms with E-state index in [1.165, 1.54) is 0 Å². The van der Waals surface area contributed by atoms with Gasteiger partial charge in [0.1, 0.15) is 0 Å². The maximum absolute atomic E-state index is 11.4. The largest absolute Gasteiger partial charge is 0.478 e. The number of piperidine rings is 1. The van der Waals surface area contributed by atoms with Crippen LogP contribution in [-0.2, 0) is 6.42 Å². The quantitative estimate of drug-likeness (QED) is 0.299. The van der Waals surface area contributed by atoms with Crippen molar-refractivity contribution in [1.29, 1.82) is 0 Å². The molecule has 0 unspecified atom stereocenters. The number of carboxylic acid groups (broad SMARTS) is 1. The number of nitrogens with zero attached hydrogens (tertiary/aromatic N) is 6. The first-order valence-corrected chi connectivity index (χ1v) is 11.7. The zero-order valence-corrected chi connectivity index (χ0v) is 20.4. The fourth-order valence-electron chi connectivity index (χ4n) is 4.63. The van der Waals surface area contributed by atoms with Gasteiger partial charge in [0.25, 0.3) is 0 Å². The number of carbonyl (C=O) groups is 1. The van der Waals surface area contributed by atoms with E-state index in [4.69, 9.17) is 5.84 Å². The average molecular weight is 474 g/mol. The Bertz CT molecular complexity index is 1210. The van der Waals surface area contributed by atoms with Crippen LogP contribution in [0.1, 0.15) is 46.8 Å². The molecule has 1 aliphatic rings. The first-order chi connectivity index (χ1) is 16.8. The van der Waals surface area contributed by atoms with Gasteiger partial charge in [0, 0.05) is 37.1 Å². The second-order valence-electron chi connectivity index (χ2n) is 8.88. The van der Waals surface area contributed by atoms with E-state index in [1.807, 2.05) is 32.3 Å². The molecule has 0 saturated carbocycles. The summed E-state index contributed by atoms with van der Waals surface area (Å²) in [6.07, 6.45) is 8.12. The van der Waals surface area contributed by atoms with Crippen LogP contribution in [-0.4, -0.2) is 51.9 Å². The Morgan fingerprint density at radius 1 is 1.14 bits per heavy atom. The Hall–Kier alpha value is -3.85. The summed E-state index contributed by atoms with van der Waals surface area (Å²) in [7, 11) is 0. The zero-order chi connectivity index (χ0) is 25.1. The van der Waals surface area contributed by atoms with Gasteiger partial charge in [-0.15, -0.1) is 0 Å². The highest BCUT2D eigenvalue weighted by Gasteiger charge is 2.26. The molecule has 1 saturated heterocycles. The lowest BCUT2D eigenvalue weighted by Crippen LogP contribution is -2.48. The van der Waals surface area contributed by atoms with Gasteiger partial charge in [-0.25, -0.2) is 20.6 Å². The summed E-state index contributed by atoms with van der Waals surface area (Å²) in [6, 6.07) is 5.29. The molecule has 9 heteroatoms. The van der Waals surface area contributed by atoms with E-state index in [0.29, 0.717) is 17.1 Å². The van der Waals surface area contributed by atoms with Crippen molar-refractivity contribution in [3.05, 3.63) is 59.0 Å². The SMILES string of the molecule is C=Nc1cc(-c2c(C)cc(C(=O)O)cc2C)ncc1N(N)C1CCN(c2ncc(CC)cn2)CC1. The van der Waals surface area contributed by atoms with Gasteiger partial charge in [0.05, 0.1) is 28.8 Å². The Kier molecular flexibility index (Phi) is 7.07. The van der Waals surface area contributed by atoms with Gasteiger partial charge < -0.3 is 15.0 Å². The molecule has 0 amide bonds. The van der Waals surface area contributed by atoms with Crippen LogP contribution in [0.4, 0.5) is 17.3 Å². The van der Waals surface area contributed by atoms with E-state index < -0.39 is 5.97 Å². The van der Waals surface area contributed by atoms with Crippen LogP contribution in [0.3, 0.4) is 0 Å². The first-order valence-electron chi connectivity index (χ1n) is 11.7. The minimum absolute atomic E-state index is 0.118. The van der Waals surface area contributed by atoms with Crippen molar-refractivity contribution in [2.24, 2.45) is 10.8 Å². The maximum Gasteiger partial charge on any atom is 0.335 e. The summed E-state index contributed by atoms with van der Waals surface area (Å²) in [4.78, 5) is 31.4. The lowest BCUT2D eigenvalue weighted by atomic mass is 9.96. The van der Waals surface area contributed by atoms with Crippen molar-refractivity contribution >= 4 is 30.0 Å². The molecule has 1 aliphatic heterocycles. The van der Waals surface area contributed by atoms with Crippen molar-refractivity contribution in [2.75, 3.05) is 23.0 Å². The highest BCUT2D eigenvalue weighted by molar-refractivity contribution is 5.90. The van der Waals surface area contributed by atoms with Gasteiger partial charge >= 0.3 is 5.97 Å². The summed E-state index contributed by atoms with van der Waals surface area (Å²) in [6.45, 7) is 11.2. The molecule has 9 nitrogen and oxygen atoms in total. The fraction of sp³-hybridized carbons (Fsp3) is 0.346.